The molecule has 4 rings (SSSR count). The van der Waals surface area contributed by atoms with Gasteiger partial charge in [-0.25, -0.2) is 23.8 Å². The predicted octanol–water partition coefficient (Wildman–Crippen LogP) is 6.30. The molecule has 14 nitrogen and oxygen atoms in total. The summed E-state index contributed by atoms with van der Waals surface area (Å²) in [4.78, 5) is 37.5. The lowest BCUT2D eigenvalue weighted by Gasteiger charge is -2.11. The molecule has 0 bridgehead atoms. The lowest BCUT2D eigenvalue weighted by molar-refractivity contribution is -0.138. The summed E-state index contributed by atoms with van der Waals surface area (Å²) < 4.78 is 22.6. The molecule has 2 heterocycles. The minimum Gasteiger partial charge on any atom is -0.512 e. The number of aromatic nitrogens is 4. The fourth-order valence-electron chi connectivity index (χ4n) is 4.43. The highest BCUT2D eigenvalue weighted by atomic mass is 16.5. The summed E-state index contributed by atoms with van der Waals surface area (Å²) >= 11 is 0. The molecule has 14 heteroatoms. The number of hydrogen-bond donors (Lipinski definition) is 2. The number of ether oxygens (including phenoxy) is 4. The standard InChI is InChI=1S/C15H19N3O2.C14H17N3O2.C8H11NO3/c1-5-20-15(19)12-9-17-18(14(12)16-4)13-8-10(2)6-7-11(13)3;1-4-19-14(18)11-8-16-17(13(11)15)12-7-9(2)5-6-10(12)3;1-4-11-6-7(9-3)8(10)12-5-2/h6-9,16H,5H2,1-4H3;5-8H,4,15H2,1-3H3;6H,4-5H2,1-2H3. The zero-order valence-corrected chi connectivity index (χ0v) is 30.7. The van der Waals surface area contributed by atoms with Gasteiger partial charge in [0, 0.05) is 7.05 Å². The summed E-state index contributed by atoms with van der Waals surface area (Å²) in [6, 6.07) is 12.1. The number of nitrogens with zero attached hydrogens (tertiary/aromatic N) is 5. The van der Waals surface area contributed by atoms with Crippen molar-refractivity contribution in [1.82, 2.24) is 19.6 Å². The first kappa shape index (κ1) is 41.1. The Balaban J connectivity index is 0.000000275. The topological polar surface area (TPSA) is 166 Å². The van der Waals surface area contributed by atoms with Crippen molar-refractivity contribution in [2.24, 2.45) is 0 Å². The molecule has 0 saturated heterocycles. The van der Waals surface area contributed by atoms with Gasteiger partial charge in [0.2, 0.25) is 0 Å². The predicted molar refractivity (Wildman–Crippen MR) is 195 cm³/mol. The van der Waals surface area contributed by atoms with Gasteiger partial charge >= 0.3 is 23.6 Å². The van der Waals surface area contributed by atoms with E-state index < -0.39 is 11.9 Å². The van der Waals surface area contributed by atoms with Crippen LogP contribution >= 0.6 is 0 Å². The van der Waals surface area contributed by atoms with E-state index in [1.807, 2.05) is 64.1 Å². The average Bonchev–Trinajstić information content (AvgIpc) is 3.72. The van der Waals surface area contributed by atoms with Crippen molar-refractivity contribution in [2.45, 2.75) is 55.4 Å². The molecule has 2 aromatic carbocycles. The van der Waals surface area contributed by atoms with Gasteiger partial charge in [-0.3, -0.25) is 4.79 Å². The number of nitrogen functional groups attached to an aromatic ring is 1. The molecule has 0 radical (unpaired) electrons. The minimum absolute atomic E-state index is 0.126. The van der Waals surface area contributed by atoms with E-state index in [9.17, 15) is 14.4 Å². The van der Waals surface area contributed by atoms with E-state index in [1.165, 1.54) is 12.4 Å². The molecule has 51 heavy (non-hydrogen) atoms. The Morgan fingerprint density at radius 1 is 0.784 bits per heavy atom. The maximum atomic E-state index is 11.9. The highest BCUT2D eigenvalue weighted by Crippen LogP contribution is 2.24. The van der Waals surface area contributed by atoms with Crippen molar-refractivity contribution >= 4 is 29.5 Å². The summed E-state index contributed by atoms with van der Waals surface area (Å²) in [6.07, 6.45) is 4.09. The Bertz CT molecular complexity index is 1870. The first-order chi connectivity index (χ1) is 24.4. The van der Waals surface area contributed by atoms with Gasteiger partial charge in [0.1, 0.15) is 22.8 Å². The molecule has 4 aromatic rings. The van der Waals surface area contributed by atoms with Crippen molar-refractivity contribution in [3.63, 3.8) is 0 Å². The number of nitrogens with two attached hydrogens (primary N) is 1. The number of hydrogen-bond acceptors (Lipinski definition) is 11. The van der Waals surface area contributed by atoms with E-state index in [4.69, 9.17) is 26.5 Å². The Morgan fingerprint density at radius 3 is 1.76 bits per heavy atom. The second-order valence-corrected chi connectivity index (χ2v) is 10.7. The third kappa shape index (κ3) is 11.2. The van der Waals surface area contributed by atoms with Gasteiger partial charge in [-0.2, -0.15) is 10.2 Å². The summed E-state index contributed by atoms with van der Waals surface area (Å²) in [5.74, 6) is -0.518. The molecule has 272 valence electrons. The molecular formula is C37H47N7O7. The lowest BCUT2D eigenvalue weighted by atomic mass is 10.1. The van der Waals surface area contributed by atoms with Crippen LogP contribution < -0.4 is 11.1 Å². The fourth-order valence-corrected chi connectivity index (χ4v) is 4.43. The fraction of sp³-hybridized carbons (Fsp3) is 0.351. The average molecular weight is 702 g/mol. The van der Waals surface area contributed by atoms with E-state index >= 15 is 0 Å². The van der Waals surface area contributed by atoms with Gasteiger partial charge < -0.3 is 30.0 Å². The first-order valence-corrected chi connectivity index (χ1v) is 16.3. The van der Waals surface area contributed by atoms with Crippen molar-refractivity contribution < 1.29 is 33.3 Å². The largest absolute Gasteiger partial charge is 0.512 e. The zero-order chi connectivity index (χ0) is 38.1. The molecule has 3 N–H and O–H groups in total. The maximum Gasteiger partial charge on any atom is 0.343 e. The quantitative estimate of drug-likeness (QED) is 0.0592. The van der Waals surface area contributed by atoms with E-state index in [2.05, 4.69) is 25.1 Å². The third-order valence-corrected chi connectivity index (χ3v) is 6.96. The maximum absolute atomic E-state index is 11.9. The molecule has 0 amide bonds. The highest BCUT2D eigenvalue weighted by Gasteiger charge is 2.20. The summed E-state index contributed by atoms with van der Waals surface area (Å²) in [6.45, 7) is 23.0. The molecular weight excluding hydrogens is 654 g/mol. The van der Waals surface area contributed by atoms with Crippen LogP contribution in [0.4, 0.5) is 11.6 Å². The number of anilines is 2. The zero-order valence-electron chi connectivity index (χ0n) is 30.7. The Morgan fingerprint density at radius 2 is 1.27 bits per heavy atom. The molecule has 0 fully saturated rings. The second kappa shape index (κ2) is 20.4. The van der Waals surface area contributed by atoms with Gasteiger partial charge in [-0.1, -0.05) is 24.3 Å². The molecule has 0 saturated carbocycles. The molecule has 0 aliphatic rings. The van der Waals surface area contributed by atoms with E-state index in [1.54, 1.807) is 44.1 Å². The van der Waals surface area contributed by atoms with Crippen molar-refractivity contribution in [1.29, 1.82) is 0 Å². The molecule has 0 spiro atoms. The SMILES string of the molecule is CCOC(=O)c1cnn(-c2cc(C)ccc2C)c1N.CCOC(=O)c1cnn(-c2cc(C)ccc2C)c1NC.[C-]#[N+]C(=COCC)C(=O)OCC. The number of carbonyl (C=O) groups excluding carboxylic acids is 3. The van der Waals surface area contributed by atoms with Gasteiger partial charge in [-0.05, 0) is 89.8 Å². The summed E-state index contributed by atoms with van der Waals surface area (Å²) in [5, 5.41) is 11.5. The van der Waals surface area contributed by atoms with Gasteiger partial charge in [0.25, 0.3) is 0 Å². The van der Waals surface area contributed by atoms with Crippen LogP contribution in [0.2, 0.25) is 0 Å². The Kier molecular flexibility index (Phi) is 16.4. The number of benzene rings is 2. The second-order valence-electron chi connectivity index (χ2n) is 10.7. The van der Waals surface area contributed by atoms with Crippen LogP contribution in [0, 0.1) is 34.3 Å². The van der Waals surface area contributed by atoms with Crippen molar-refractivity contribution in [2.75, 3.05) is 44.5 Å². The number of aryl methyl sites for hydroxylation is 4. The van der Waals surface area contributed by atoms with Crippen LogP contribution in [0.15, 0.2) is 60.8 Å². The summed E-state index contributed by atoms with van der Waals surface area (Å²) in [5.41, 5.74) is 12.8. The van der Waals surface area contributed by atoms with Crippen molar-refractivity contribution in [3.05, 3.63) is 106 Å². The van der Waals surface area contributed by atoms with Crippen molar-refractivity contribution in [3.8, 4) is 11.4 Å². The Labute approximate surface area is 299 Å². The molecule has 0 aliphatic heterocycles. The van der Waals surface area contributed by atoms with E-state index in [0.29, 0.717) is 42.6 Å². The molecule has 0 atom stereocenters. The normalized spacial score (nSPS) is 10.4. The van der Waals surface area contributed by atoms with Crippen LogP contribution in [0.3, 0.4) is 0 Å². The lowest BCUT2D eigenvalue weighted by Crippen LogP contribution is -2.09. The van der Waals surface area contributed by atoms with Crippen LogP contribution in [0.1, 0.15) is 70.7 Å². The molecule has 0 aliphatic carbocycles. The Hall–Kier alpha value is -6.10. The summed E-state index contributed by atoms with van der Waals surface area (Å²) in [7, 11) is 1.77. The number of carbonyl (C=O) groups is 3. The highest BCUT2D eigenvalue weighted by molar-refractivity contribution is 5.95. The number of rotatable bonds is 11. The van der Waals surface area contributed by atoms with E-state index in [-0.39, 0.29) is 18.3 Å². The van der Waals surface area contributed by atoms with Gasteiger partial charge in [0.15, 0.2) is 0 Å². The third-order valence-electron chi connectivity index (χ3n) is 6.96. The van der Waals surface area contributed by atoms with Crippen LogP contribution in [-0.2, 0) is 23.7 Å². The number of esters is 3. The van der Waals surface area contributed by atoms with Gasteiger partial charge in [-0.15, -0.1) is 0 Å². The smallest absolute Gasteiger partial charge is 0.343 e. The van der Waals surface area contributed by atoms with E-state index in [0.717, 1.165) is 39.9 Å². The molecule has 2 aromatic heterocycles. The monoisotopic (exact) mass is 701 g/mol. The van der Waals surface area contributed by atoms with Crippen LogP contribution in [-0.4, -0.2) is 70.9 Å². The minimum atomic E-state index is -0.638. The first-order valence-electron chi connectivity index (χ1n) is 16.3. The molecule has 0 unspecified atom stereocenters. The van der Waals surface area contributed by atoms with Crippen LogP contribution in [0.25, 0.3) is 16.2 Å². The van der Waals surface area contributed by atoms with Gasteiger partial charge in [0.05, 0.1) is 63.0 Å². The number of nitrogens with one attached hydrogen (secondary N) is 1. The van der Waals surface area contributed by atoms with Crippen LogP contribution in [0.5, 0.6) is 0 Å².